The number of hydrogen-bond donors (Lipinski definition) is 3. The molecule has 4 rings (SSSR count). The zero-order valence-corrected chi connectivity index (χ0v) is 13.1. The number of hydrogen-bond acceptors (Lipinski definition) is 2. The van der Waals surface area contributed by atoms with Crippen LogP contribution in [0.5, 0.6) is 0 Å². The van der Waals surface area contributed by atoms with Crippen LogP contribution in [0.25, 0.3) is 10.9 Å². The van der Waals surface area contributed by atoms with Crippen molar-refractivity contribution in [2.24, 2.45) is 0 Å². The molecule has 0 fully saturated rings. The van der Waals surface area contributed by atoms with E-state index in [1.807, 2.05) is 18.2 Å². The Labute approximate surface area is 136 Å². The van der Waals surface area contributed by atoms with Crippen molar-refractivity contribution in [3.63, 3.8) is 0 Å². The van der Waals surface area contributed by atoms with E-state index in [0.29, 0.717) is 6.04 Å². The second-order valence-corrected chi connectivity index (χ2v) is 6.38. The predicted octanol–water partition coefficient (Wildman–Crippen LogP) is 3.35. The van der Waals surface area contributed by atoms with Crippen molar-refractivity contribution in [3.05, 3.63) is 71.4 Å². The third-order valence-electron chi connectivity index (χ3n) is 4.92. The summed E-state index contributed by atoms with van der Waals surface area (Å²) in [5, 5.41) is 14.8. The molecular weight excluding hydrogens is 284 g/mol. The Kier molecular flexibility index (Phi) is 3.90. The van der Waals surface area contributed by atoms with E-state index in [-0.39, 0.29) is 12.6 Å². The molecule has 23 heavy (non-hydrogen) atoms. The van der Waals surface area contributed by atoms with Crippen LogP contribution >= 0.6 is 0 Å². The number of para-hydroxylation sites is 1. The Balaban J connectivity index is 1.55. The van der Waals surface area contributed by atoms with Crippen LogP contribution in [0.3, 0.4) is 0 Å². The van der Waals surface area contributed by atoms with Gasteiger partial charge in [-0.05, 0) is 36.5 Å². The third kappa shape index (κ3) is 2.78. The molecular formula is C20H22N2O. The zero-order chi connectivity index (χ0) is 15.6. The summed E-state index contributed by atoms with van der Waals surface area (Å²) in [5.41, 5.74) is 5.21. The Bertz CT molecular complexity index is 794. The lowest BCUT2D eigenvalue weighted by Crippen LogP contribution is -2.38. The van der Waals surface area contributed by atoms with E-state index in [0.717, 1.165) is 24.8 Å². The molecule has 118 valence electrons. The topological polar surface area (TPSA) is 48.0 Å². The van der Waals surface area contributed by atoms with Gasteiger partial charge in [-0.15, -0.1) is 0 Å². The molecule has 2 aromatic carbocycles. The number of benzene rings is 2. The van der Waals surface area contributed by atoms with E-state index in [1.165, 1.54) is 22.2 Å². The largest absolute Gasteiger partial charge is 0.394 e. The van der Waals surface area contributed by atoms with Crippen molar-refractivity contribution in [2.75, 3.05) is 6.61 Å². The first kappa shape index (κ1) is 14.5. The molecule has 2 unspecified atom stereocenters. The van der Waals surface area contributed by atoms with Crippen molar-refractivity contribution in [3.8, 4) is 0 Å². The van der Waals surface area contributed by atoms with Crippen LogP contribution in [0, 0.1) is 0 Å². The van der Waals surface area contributed by atoms with Crippen molar-refractivity contribution in [1.82, 2.24) is 10.3 Å². The number of aryl methyl sites for hydroxylation is 1. The molecule has 0 bridgehead atoms. The normalized spacial score (nSPS) is 18.7. The van der Waals surface area contributed by atoms with Crippen LogP contribution in [0.1, 0.15) is 29.3 Å². The fourth-order valence-corrected chi connectivity index (χ4v) is 3.74. The first-order valence-electron chi connectivity index (χ1n) is 8.35. The van der Waals surface area contributed by atoms with Gasteiger partial charge in [-0.2, -0.15) is 0 Å². The second kappa shape index (κ2) is 6.19. The van der Waals surface area contributed by atoms with Gasteiger partial charge in [0.05, 0.1) is 12.6 Å². The zero-order valence-electron chi connectivity index (χ0n) is 13.1. The summed E-state index contributed by atoms with van der Waals surface area (Å²) in [6, 6.07) is 19.2. The molecule has 3 N–H and O–H groups in total. The average molecular weight is 306 g/mol. The van der Waals surface area contributed by atoms with Gasteiger partial charge in [-0.25, -0.2) is 0 Å². The maximum Gasteiger partial charge on any atom is 0.0626 e. The first-order valence-corrected chi connectivity index (χ1v) is 8.35. The summed E-state index contributed by atoms with van der Waals surface area (Å²) in [4.78, 5) is 3.56. The Morgan fingerprint density at radius 1 is 1.09 bits per heavy atom. The maximum absolute atomic E-state index is 9.77. The fourth-order valence-electron chi connectivity index (χ4n) is 3.74. The predicted molar refractivity (Wildman–Crippen MR) is 93.5 cm³/mol. The number of aromatic nitrogens is 1. The molecule has 0 saturated heterocycles. The quantitative estimate of drug-likeness (QED) is 0.692. The number of rotatable bonds is 4. The van der Waals surface area contributed by atoms with Gasteiger partial charge in [0.1, 0.15) is 0 Å². The molecule has 1 aliphatic carbocycles. The van der Waals surface area contributed by atoms with Gasteiger partial charge >= 0.3 is 0 Å². The first-order chi connectivity index (χ1) is 11.3. The smallest absolute Gasteiger partial charge is 0.0626 e. The SMILES string of the molecule is OCC(NC1CCc2[nH]c3ccccc3c2C1)c1ccccc1. The van der Waals surface area contributed by atoms with Crippen LogP contribution in [0.15, 0.2) is 54.6 Å². The minimum atomic E-state index is 0.00737. The third-order valence-corrected chi connectivity index (χ3v) is 4.92. The molecule has 0 amide bonds. The van der Waals surface area contributed by atoms with Gasteiger partial charge in [0, 0.05) is 22.6 Å². The average Bonchev–Trinajstić information content (AvgIpc) is 2.98. The summed E-state index contributed by atoms with van der Waals surface area (Å²) in [7, 11) is 0. The lowest BCUT2D eigenvalue weighted by Gasteiger charge is -2.28. The van der Waals surface area contributed by atoms with Gasteiger partial charge in [-0.3, -0.25) is 0 Å². The van der Waals surface area contributed by atoms with E-state index >= 15 is 0 Å². The van der Waals surface area contributed by atoms with Crippen LogP contribution in [0.2, 0.25) is 0 Å². The second-order valence-electron chi connectivity index (χ2n) is 6.38. The molecule has 3 heteroatoms. The number of aliphatic hydroxyl groups is 1. The van der Waals surface area contributed by atoms with E-state index < -0.39 is 0 Å². The molecule has 0 aliphatic heterocycles. The van der Waals surface area contributed by atoms with E-state index in [1.54, 1.807) is 0 Å². The summed E-state index contributed by atoms with van der Waals surface area (Å²) >= 11 is 0. The van der Waals surface area contributed by atoms with Crippen LogP contribution in [-0.2, 0) is 12.8 Å². The lowest BCUT2D eigenvalue weighted by molar-refractivity contribution is 0.228. The standard InChI is InChI=1S/C20H22N2O/c23-13-20(14-6-2-1-3-7-14)21-15-10-11-19-17(12-15)16-8-4-5-9-18(16)22-19/h1-9,15,20-23H,10-13H2. The maximum atomic E-state index is 9.77. The molecule has 3 aromatic rings. The van der Waals surface area contributed by atoms with Crippen molar-refractivity contribution < 1.29 is 5.11 Å². The van der Waals surface area contributed by atoms with Gasteiger partial charge in [0.25, 0.3) is 0 Å². The minimum Gasteiger partial charge on any atom is -0.394 e. The molecule has 3 nitrogen and oxygen atoms in total. The van der Waals surface area contributed by atoms with Crippen molar-refractivity contribution in [1.29, 1.82) is 0 Å². The molecule has 0 radical (unpaired) electrons. The molecule has 0 spiro atoms. The van der Waals surface area contributed by atoms with E-state index in [4.69, 9.17) is 0 Å². The van der Waals surface area contributed by atoms with Gasteiger partial charge in [-0.1, -0.05) is 48.5 Å². The highest BCUT2D eigenvalue weighted by atomic mass is 16.3. The monoisotopic (exact) mass is 306 g/mol. The van der Waals surface area contributed by atoms with Crippen LogP contribution in [0.4, 0.5) is 0 Å². The molecule has 1 aliphatic rings. The Morgan fingerprint density at radius 3 is 2.70 bits per heavy atom. The van der Waals surface area contributed by atoms with Crippen molar-refractivity contribution >= 4 is 10.9 Å². The number of H-pyrrole nitrogens is 1. The van der Waals surface area contributed by atoms with Crippen LogP contribution < -0.4 is 5.32 Å². The lowest BCUT2D eigenvalue weighted by atomic mass is 9.90. The molecule has 1 heterocycles. The van der Waals surface area contributed by atoms with Gasteiger partial charge in [0.2, 0.25) is 0 Å². The molecule has 2 atom stereocenters. The minimum absolute atomic E-state index is 0.00737. The summed E-state index contributed by atoms with van der Waals surface area (Å²) in [5.74, 6) is 0. The number of aliphatic hydroxyl groups excluding tert-OH is 1. The summed E-state index contributed by atoms with van der Waals surface area (Å²) in [6.45, 7) is 0.126. The summed E-state index contributed by atoms with van der Waals surface area (Å²) < 4.78 is 0. The van der Waals surface area contributed by atoms with Gasteiger partial charge < -0.3 is 15.4 Å². The molecule has 1 aromatic heterocycles. The Morgan fingerprint density at radius 2 is 1.87 bits per heavy atom. The number of fused-ring (bicyclic) bond motifs is 3. The highest BCUT2D eigenvalue weighted by Crippen LogP contribution is 2.30. The van der Waals surface area contributed by atoms with E-state index in [2.05, 4.69) is 46.7 Å². The fraction of sp³-hybridized carbons (Fsp3) is 0.300. The van der Waals surface area contributed by atoms with Crippen molar-refractivity contribution in [2.45, 2.75) is 31.3 Å². The van der Waals surface area contributed by atoms with E-state index in [9.17, 15) is 5.11 Å². The highest BCUT2D eigenvalue weighted by molar-refractivity contribution is 5.84. The highest BCUT2D eigenvalue weighted by Gasteiger charge is 2.24. The molecule has 0 saturated carbocycles. The van der Waals surface area contributed by atoms with Crippen LogP contribution in [-0.4, -0.2) is 22.7 Å². The number of nitrogens with one attached hydrogen (secondary N) is 2. The number of aromatic amines is 1. The summed E-state index contributed by atoms with van der Waals surface area (Å²) in [6.07, 6.45) is 3.18. The van der Waals surface area contributed by atoms with Gasteiger partial charge in [0.15, 0.2) is 0 Å². The Hall–Kier alpha value is -2.10.